The number of rotatable bonds is 4. The number of H-pyrrole nitrogens is 1. The van der Waals surface area contributed by atoms with Crippen molar-refractivity contribution < 1.29 is 0 Å². The summed E-state index contributed by atoms with van der Waals surface area (Å²) in [7, 11) is 0. The Kier molecular flexibility index (Phi) is 5.00. The topological polar surface area (TPSA) is 50.1 Å². The summed E-state index contributed by atoms with van der Waals surface area (Å²) in [5.41, 5.74) is 6.82. The van der Waals surface area contributed by atoms with E-state index in [1.807, 2.05) is 86.6 Å². The van der Waals surface area contributed by atoms with E-state index in [0.717, 1.165) is 28.2 Å². The van der Waals surface area contributed by atoms with Crippen molar-refractivity contribution in [1.29, 1.82) is 0 Å². The molecule has 1 aromatic heterocycles. The van der Waals surface area contributed by atoms with Crippen molar-refractivity contribution >= 4 is 11.4 Å². The maximum atomic E-state index is 13.4. The van der Waals surface area contributed by atoms with E-state index in [9.17, 15) is 4.79 Å². The SMILES string of the molecule is CC(=Nc1ccc(C)cc1C)c1c(-c2ccccc2)[nH]n(-c2ccccc2)c1=O. The molecule has 0 atom stereocenters. The van der Waals surface area contributed by atoms with Crippen LogP contribution >= 0.6 is 0 Å². The molecular weight excluding hydrogens is 358 g/mol. The molecule has 0 saturated heterocycles. The number of para-hydroxylation sites is 1. The molecular formula is C25H23N3O. The molecule has 0 aliphatic carbocycles. The van der Waals surface area contributed by atoms with Crippen LogP contribution in [-0.2, 0) is 0 Å². The first kappa shape index (κ1) is 18.7. The van der Waals surface area contributed by atoms with Crippen LogP contribution in [0.4, 0.5) is 5.69 Å². The number of nitrogens with zero attached hydrogens (tertiary/aromatic N) is 2. The smallest absolute Gasteiger partial charge is 0.280 e. The van der Waals surface area contributed by atoms with E-state index < -0.39 is 0 Å². The van der Waals surface area contributed by atoms with E-state index in [-0.39, 0.29) is 5.56 Å². The highest BCUT2D eigenvalue weighted by Crippen LogP contribution is 2.25. The molecule has 0 spiro atoms. The molecule has 0 bridgehead atoms. The van der Waals surface area contributed by atoms with Crippen LogP contribution in [0.15, 0.2) is 88.6 Å². The highest BCUT2D eigenvalue weighted by Gasteiger charge is 2.19. The molecule has 4 aromatic rings. The van der Waals surface area contributed by atoms with Crippen molar-refractivity contribution in [3.8, 4) is 16.9 Å². The molecule has 144 valence electrons. The second-order valence-electron chi connectivity index (χ2n) is 7.19. The van der Waals surface area contributed by atoms with Crippen LogP contribution in [-0.4, -0.2) is 15.5 Å². The maximum absolute atomic E-state index is 13.4. The summed E-state index contributed by atoms with van der Waals surface area (Å²) in [6.07, 6.45) is 0. The maximum Gasteiger partial charge on any atom is 0.280 e. The number of hydrogen-bond donors (Lipinski definition) is 1. The van der Waals surface area contributed by atoms with Crippen LogP contribution in [0, 0.1) is 13.8 Å². The lowest BCUT2D eigenvalue weighted by atomic mass is 10.0. The molecule has 1 N–H and O–H groups in total. The molecule has 0 amide bonds. The van der Waals surface area contributed by atoms with Gasteiger partial charge in [0.25, 0.3) is 5.56 Å². The van der Waals surface area contributed by atoms with E-state index in [0.29, 0.717) is 11.3 Å². The van der Waals surface area contributed by atoms with E-state index in [1.165, 1.54) is 5.56 Å². The molecule has 0 fully saturated rings. The molecule has 0 unspecified atom stereocenters. The summed E-state index contributed by atoms with van der Waals surface area (Å²) in [6.45, 7) is 5.99. The third-order valence-corrected chi connectivity index (χ3v) is 4.97. The zero-order chi connectivity index (χ0) is 20.4. The van der Waals surface area contributed by atoms with Crippen molar-refractivity contribution in [2.24, 2.45) is 4.99 Å². The van der Waals surface area contributed by atoms with Gasteiger partial charge >= 0.3 is 0 Å². The number of aromatic nitrogens is 2. The van der Waals surface area contributed by atoms with Gasteiger partial charge in [0.15, 0.2) is 0 Å². The Labute approximate surface area is 170 Å². The molecule has 29 heavy (non-hydrogen) atoms. The van der Waals surface area contributed by atoms with E-state index in [1.54, 1.807) is 4.68 Å². The Bertz CT molecular complexity index is 1230. The minimum atomic E-state index is -0.110. The largest absolute Gasteiger partial charge is 0.290 e. The second kappa shape index (κ2) is 7.76. The van der Waals surface area contributed by atoms with Gasteiger partial charge in [-0.05, 0) is 44.5 Å². The minimum absolute atomic E-state index is 0.110. The number of aromatic amines is 1. The molecule has 4 rings (SSSR count). The normalized spacial score (nSPS) is 11.6. The van der Waals surface area contributed by atoms with Crippen molar-refractivity contribution in [2.45, 2.75) is 20.8 Å². The lowest BCUT2D eigenvalue weighted by molar-refractivity contribution is 0.852. The molecule has 4 nitrogen and oxygen atoms in total. The summed E-state index contributed by atoms with van der Waals surface area (Å²) in [4.78, 5) is 18.2. The number of nitrogens with one attached hydrogen (secondary N) is 1. The van der Waals surface area contributed by atoms with Gasteiger partial charge in [-0.1, -0.05) is 66.2 Å². The Morgan fingerprint density at radius 1 is 0.897 bits per heavy atom. The number of hydrogen-bond acceptors (Lipinski definition) is 2. The number of benzene rings is 3. The lowest BCUT2D eigenvalue weighted by Crippen LogP contribution is -2.19. The zero-order valence-corrected chi connectivity index (χ0v) is 16.8. The van der Waals surface area contributed by atoms with Gasteiger partial charge in [0.2, 0.25) is 0 Å². The molecule has 4 heteroatoms. The van der Waals surface area contributed by atoms with E-state index >= 15 is 0 Å². The van der Waals surface area contributed by atoms with Gasteiger partial charge in [-0.3, -0.25) is 14.9 Å². The third kappa shape index (κ3) is 3.69. The summed E-state index contributed by atoms with van der Waals surface area (Å²) in [5, 5.41) is 3.30. The fraction of sp³-hybridized carbons (Fsp3) is 0.120. The molecule has 0 aliphatic rings. The standard InChI is InChI=1S/C25H23N3O/c1-17-14-15-22(18(2)16-17)26-19(3)23-24(20-10-6-4-7-11-20)27-28(25(23)29)21-12-8-5-9-13-21/h4-16,27H,1-3H3. The van der Waals surface area contributed by atoms with E-state index in [4.69, 9.17) is 4.99 Å². The Morgan fingerprint density at radius 3 is 2.21 bits per heavy atom. The van der Waals surface area contributed by atoms with Gasteiger partial charge in [-0.2, -0.15) is 0 Å². The molecule has 3 aromatic carbocycles. The number of aliphatic imine (C=N–C) groups is 1. The molecule has 0 saturated carbocycles. The van der Waals surface area contributed by atoms with Crippen LogP contribution in [0.1, 0.15) is 23.6 Å². The average molecular weight is 381 g/mol. The van der Waals surface area contributed by atoms with Gasteiger partial charge in [-0.15, -0.1) is 0 Å². The Hall–Kier alpha value is -3.66. The van der Waals surface area contributed by atoms with Crippen LogP contribution in [0.25, 0.3) is 16.9 Å². The van der Waals surface area contributed by atoms with Crippen LogP contribution in [0.5, 0.6) is 0 Å². The second-order valence-corrected chi connectivity index (χ2v) is 7.19. The fourth-order valence-electron chi connectivity index (χ4n) is 3.51. The Morgan fingerprint density at radius 2 is 1.55 bits per heavy atom. The summed E-state index contributed by atoms with van der Waals surface area (Å²) >= 11 is 0. The fourth-order valence-corrected chi connectivity index (χ4v) is 3.51. The average Bonchev–Trinajstić information content (AvgIpc) is 3.08. The highest BCUT2D eigenvalue weighted by atomic mass is 16.1. The summed E-state index contributed by atoms with van der Waals surface area (Å²) < 4.78 is 1.58. The molecule has 1 heterocycles. The first-order valence-corrected chi connectivity index (χ1v) is 9.63. The molecule has 0 aliphatic heterocycles. The molecule has 0 radical (unpaired) electrons. The minimum Gasteiger partial charge on any atom is -0.290 e. The zero-order valence-electron chi connectivity index (χ0n) is 16.8. The quantitative estimate of drug-likeness (QED) is 0.460. The van der Waals surface area contributed by atoms with Crippen molar-refractivity contribution in [3.63, 3.8) is 0 Å². The van der Waals surface area contributed by atoms with Crippen LogP contribution in [0.3, 0.4) is 0 Å². The lowest BCUT2D eigenvalue weighted by Gasteiger charge is -2.05. The van der Waals surface area contributed by atoms with Gasteiger partial charge in [0.05, 0.1) is 28.3 Å². The number of aryl methyl sites for hydroxylation is 2. The third-order valence-electron chi connectivity index (χ3n) is 4.97. The summed E-state index contributed by atoms with van der Waals surface area (Å²) in [5.74, 6) is 0. The van der Waals surface area contributed by atoms with Gasteiger partial charge in [-0.25, -0.2) is 4.68 Å². The van der Waals surface area contributed by atoms with Crippen LogP contribution < -0.4 is 5.56 Å². The first-order chi connectivity index (χ1) is 14.0. The van der Waals surface area contributed by atoms with E-state index in [2.05, 4.69) is 18.1 Å². The van der Waals surface area contributed by atoms with Crippen molar-refractivity contribution in [1.82, 2.24) is 9.78 Å². The monoisotopic (exact) mass is 381 g/mol. The van der Waals surface area contributed by atoms with Crippen LogP contribution in [0.2, 0.25) is 0 Å². The predicted molar refractivity (Wildman–Crippen MR) is 120 cm³/mol. The highest BCUT2D eigenvalue weighted by molar-refractivity contribution is 6.04. The van der Waals surface area contributed by atoms with Gasteiger partial charge < -0.3 is 0 Å². The van der Waals surface area contributed by atoms with Gasteiger partial charge in [0, 0.05) is 5.56 Å². The summed E-state index contributed by atoms with van der Waals surface area (Å²) in [6, 6.07) is 25.6. The van der Waals surface area contributed by atoms with Gasteiger partial charge in [0.1, 0.15) is 0 Å². The first-order valence-electron chi connectivity index (χ1n) is 9.63. The Balaban J connectivity index is 1.93. The van der Waals surface area contributed by atoms with Crippen molar-refractivity contribution in [3.05, 3.63) is 106 Å². The van der Waals surface area contributed by atoms with Crippen molar-refractivity contribution in [2.75, 3.05) is 0 Å². The predicted octanol–water partition coefficient (Wildman–Crippen LogP) is 5.59.